The lowest BCUT2D eigenvalue weighted by molar-refractivity contribution is 0.0851. The Kier molecular flexibility index (Phi) is 6.35. The molecule has 0 unspecified atom stereocenters. The number of nitrogens with one attached hydrogen (secondary N) is 1. The number of benzene rings is 1. The van der Waals surface area contributed by atoms with Crippen molar-refractivity contribution in [2.24, 2.45) is 5.41 Å². The zero-order valence-corrected chi connectivity index (χ0v) is 14.8. The van der Waals surface area contributed by atoms with Crippen LogP contribution in [0.1, 0.15) is 37.0 Å². The molecular formula is C19H23ClN2O2. The van der Waals surface area contributed by atoms with E-state index in [9.17, 15) is 9.90 Å². The largest absolute Gasteiger partial charge is 0.396 e. The van der Waals surface area contributed by atoms with Gasteiger partial charge in [0, 0.05) is 23.7 Å². The first-order valence-electron chi connectivity index (χ1n) is 8.15. The quantitative estimate of drug-likeness (QED) is 0.798. The van der Waals surface area contributed by atoms with Gasteiger partial charge in [-0.15, -0.1) is 0 Å². The third-order valence-corrected chi connectivity index (χ3v) is 4.96. The average Bonchev–Trinajstić information content (AvgIpc) is 2.64. The van der Waals surface area contributed by atoms with E-state index in [0.717, 1.165) is 24.1 Å². The minimum absolute atomic E-state index is 0.0436. The van der Waals surface area contributed by atoms with Crippen LogP contribution >= 0.6 is 11.6 Å². The van der Waals surface area contributed by atoms with Gasteiger partial charge in [0.05, 0.1) is 22.9 Å². The van der Waals surface area contributed by atoms with Gasteiger partial charge in [-0.25, -0.2) is 0 Å². The van der Waals surface area contributed by atoms with Crippen molar-refractivity contribution in [3.05, 3.63) is 53.2 Å². The van der Waals surface area contributed by atoms with Gasteiger partial charge in [-0.2, -0.15) is 0 Å². The molecule has 0 aliphatic carbocycles. The molecule has 0 spiro atoms. The molecule has 2 aromatic rings. The van der Waals surface area contributed by atoms with Gasteiger partial charge in [-0.1, -0.05) is 37.6 Å². The second-order valence-electron chi connectivity index (χ2n) is 5.96. The van der Waals surface area contributed by atoms with Crippen molar-refractivity contribution in [3.63, 3.8) is 0 Å². The van der Waals surface area contributed by atoms with Crippen LogP contribution in [-0.4, -0.2) is 29.1 Å². The Labute approximate surface area is 147 Å². The maximum atomic E-state index is 12.5. The fraction of sp³-hybridized carbons (Fsp3) is 0.368. The smallest absolute Gasteiger partial charge is 0.252 e. The number of hydrogen-bond donors (Lipinski definition) is 2. The minimum Gasteiger partial charge on any atom is -0.396 e. The van der Waals surface area contributed by atoms with Crippen LogP contribution in [0.3, 0.4) is 0 Å². The number of hydrogen-bond acceptors (Lipinski definition) is 3. The van der Waals surface area contributed by atoms with Crippen molar-refractivity contribution in [2.45, 2.75) is 26.7 Å². The molecule has 0 bridgehead atoms. The third-order valence-electron chi connectivity index (χ3n) is 4.63. The van der Waals surface area contributed by atoms with E-state index < -0.39 is 0 Å². The molecule has 0 aliphatic heterocycles. The number of rotatable bonds is 7. The van der Waals surface area contributed by atoms with Crippen molar-refractivity contribution in [3.8, 4) is 11.3 Å². The van der Waals surface area contributed by atoms with Crippen molar-refractivity contribution >= 4 is 17.5 Å². The highest BCUT2D eigenvalue weighted by Crippen LogP contribution is 2.26. The summed E-state index contributed by atoms with van der Waals surface area (Å²) >= 11 is 6.20. The first-order valence-corrected chi connectivity index (χ1v) is 8.53. The van der Waals surface area contributed by atoms with Crippen LogP contribution in [0.4, 0.5) is 0 Å². The van der Waals surface area contributed by atoms with Crippen molar-refractivity contribution in [1.82, 2.24) is 10.3 Å². The van der Waals surface area contributed by atoms with Gasteiger partial charge < -0.3 is 10.4 Å². The molecule has 0 fully saturated rings. The van der Waals surface area contributed by atoms with Gasteiger partial charge in [0.15, 0.2) is 0 Å². The number of aromatic nitrogens is 1. The fourth-order valence-corrected chi connectivity index (χ4v) is 2.74. The van der Waals surface area contributed by atoms with E-state index in [1.807, 2.05) is 38.1 Å². The molecule has 1 aromatic carbocycles. The topological polar surface area (TPSA) is 62.2 Å². The lowest BCUT2D eigenvalue weighted by Crippen LogP contribution is -2.39. The Morgan fingerprint density at radius 1 is 1.25 bits per heavy atom. The summed E-state index contributed by atoms with van der Waals surface area (Å²) in [5.41, 5.74) is 1.75. The van der Waals surface area contributed by atoms with E-state index in [0.29, 0.717) is 17.1 Å². The molecule has 1 aromatic heterocycles. The number of pyridine rings is 1. The number of carbonyl (C=O) groups is 1. The molecular weight excluding hydrogens is 324 g/mol. The van der Waals surface area contributed by atoms with E-state index in [-0.39, 0.29) is 17.9 Å². The monoisotopic (exact) mass is 346 g/mol. The number of amides is 1. The van der Waals surface area contributed by atoms with Crippen LogP contribution < -0.4 is 5.32 Å². The summed E-state index contributed by atoms with van der Waals surface area (Å²) in [6.07, 6.45) is 3.30. The Hall–Kier alpha value is -1.91. The highest BCUT2D eigenvalue weighted by molar-refractivity contribution is 6.34. The Balaban J connectivity index is 2.20. The fourth-order valence-electron chi connectivity index (χ4n) is 2.53. The predicted molar refractivity (Wildman–Crippen MR) is 97.1 cm³/mol. The highest BCUT2D eigenvalue weighted by Gasteiger charge is 2.26. The summed E-state index contributed by atoms with van der Waals surface area (Å²) in [5.74, 6) is -0.238. The second kappa shape index (κ2) is 8.27. The maximum Gasteiger partial charge on any atom is 0.252 e. The molecule has 1 amide bonds. The van der Waals surface area contributed by atoms with Gasteiger partial charge in [-0.3, -0.25) is 9.78 Å². The van der Waals surface area contributed by atoms with Gasteiger partial charge in [0.1, 0.15) is 0 Å². The van der Waals surface area contributed by atoms with Crippen LogP contribution in [-0.2, 0) is 0 Å². The number of aliphatic hydroxyl groups excluding tert-OH is 1. The van der Waals surface area contributed by atoms with E-state index >= 15 is 0 Å². The Morgan fingerprint density at radius 3 is 2.58 bits per heavy atom. The lowest BCUT2D eigenvalue weighted by Gasteiger charge is -2.29. The summed E-state index contributed by atoms with van der Waals surface area (Å²) in [4.78, 5) is 16.8. The second-order valence-corrected chi connectivity index (χ2v) is 6.36. The Morgan fingerprint density at radius 2 is 2.00 bits per heavy atom. The van der Waals surface area contributed by atoms with E-state index in [1.54, 1.807) is 18.3 Å². The van der Waals surface area contributed by atoms with Gasteiger partial charge in [0.2, 0.25) is 0 Å². The molecule has 4 nitrogen and oxygen atoms in total. The van der Waals surface area contributed by atoms with E-state index in [4.69, 9.17) is 11.6 Å². The normalized spacial score (nSPS) is 11.3. The molecule has 2 rings (SSSR count). The summed E-state index contributed by atoms with van der Waals surface area (Å²) in [6, 6.07) is 10.9. The minimum atomic E-state index is -0.291. The van der Waals surface area contributed by atoms with Crippen LogP contribution in [0.25, 0.3) is 11.3 Å². The summed E-state index contributed by atoms with van der Waals surface area (Å²) in [6.45, 7) is 4.49. The zero-order valence-electron chi connectivity index (χ0n) is 14.1. The zero-order chi connectivity index (χ0) is 17.6. The van der Waals surface area contributed by atoms with Crippen LogP contribution in [0, 0.1) is 5.41 Å². The van der Waals surface area contributed by atoms with Gasteiger partial charge >= 0.3 is 0 Å². The molecule has 2 N–H and O–H groups in total. The van der Waals surface area contributed by atoms with Crippen LogP contribution in [0.5, 0.6) is 0 Å². The molecule has 0 saturated carbocycles. The summed E-state index contributed by atoms with van der Waals surface area (Å²) < 4.78 is 0. The van der Waals surface area contributed by atoms with Crippen LogP contribution in [0.15, 0.2) is 42.6 Å². The maximum absolute atomic E-state index is 12.5. The number of nitrogens with zero attached hydrogens (tertiary/aromatic N) is 1. The molecule has 128 valence electrons. The Bertz CT molecular complexity index is 677. The molecule has 24 heavy (non-hydrogen) atoms. The lowest BCUT2D eigenvalue weighted by atomic mass is 9.83. The van der Waals surface area contributed by atoms with Crippen molar-refractivity contribution < 1.29 is 9.90 Å². The SMILES string of the molecule is CCC(CC)(CO)CNC(=O)c1cc(-c2ccccn2)ccc1Cl. The number of aliphatic hydroxyl groups is 1. The van der Waals surface area contributed by atoms with Crippen molar-refractivity contribution in [2.75, 3.05) is 13.2 Å². The van der Waals surface area contributed by atoms with Crippen LogP contribution in [0.2, 0.25) is 5.02 Å². The molecule has 0 atom stereocenters. The number of halogens is 1. The number of carbonyl (C=O) groups excluding carboxylic acids is 1. The first-order chi connectivity index (χ1) is 11.5. The molecule has 0 saturated heterocycles. The van der Waals surface area contributed by atoms with Crippen molar-refractivity contribution in [1.29, 1.82) is 0 Å². The summed E-state index contributed by atoms with van der Waals surface area (Å²) in [7, 11) is 0. The third kappa shape index (κ3) is 4.13. The predicted octanol–water partition coefficient (Wildman–Crippen LogP) is 3.93. The van der Waals surface area contributed by atoms with Gasteiger partial charge in [-0.05, 0) is 37.1 Å². The molecule has 0 aliphatic rings. The average molecular weight is 347 g/mol. The highest BCUT2D eigenvalue weighted by atomic mass is 35.5. The van der Waals surface area contributed by atoms with E-state index in [1.165, 1.54) is 0 Å². The molecule has 1 heterocycles. The first kappa shape index (κ1) is 18.4. The van der Waals surface area contributed by atoms with Gasteiger partial charge in [0.25, 0.3) is 5.91 Å². The molecule has 5 heteroatoms. The summed E-state index contributed by atoms with van der Waals surface area (Å²) in [5, 5.41) is 12.9. The molecule has 0 radical (unpaired) electrons. The standard InChI is InChI=1S/C19H23ClN2O2/c1-3-19(4-2,13-23)12-22-18(24)15-11-14(8-9-16(15)20)17-7-5-6-10-21-17/h5-11,23H,3-4,12-13H2,1-2H3,(H,22,24). The van der Waals surface area contributed by atoms with E-state index in [2.05, 4.69) is 10.3 Å².